The molecule has 4 nitrogen and oxygen atoms in total. The fourth-order valence-corrected chi connectivity index (χ4v) is 2.50. The van der Waals surface area contributed by atoms with Gasteiger partial charge in [0.1, 0.15) is 5.75 Å². The van der Waals surface area contributed by atoms with Gasteiger partial charge in [-0.1, -0.05) is 17.7 Å². The maximum Gasteiger partial charge on any atom is 0.218 e. The molecule has 0 unspecified atom stereocenters. The maximum absolute atomic E-state index is 5.64. The van der Waals surface area contributed by atoms with Crippen LogP contribution in [0.5, 0.6) is 5.75 Å². The lowest BCUT2D eigenvalue weighted by Crippen LogP contribution is -2.06. The van der Waals surface area contributed by atoms with E-state index in [0.717, 1.165) is 23.4 Å². The predicted molar refractivity (Wildman–Crippen MR) is 76.7 cm³/mol. The summed E-state index contributed by atoms with van der Waals surface area (Å²) in [5.41, 5.74) is 1.23. The predicted octanol–water partition coefficient (Wildman–Crippen LogP) is 3.58. The van der Waals surface area contributed by atoms with Gasteiger partial charge in [0.2, 0.25) is 4.73 Å². The van der Waals surface area contributed by atoms with Crippen LogP contribution in [0.4, 0.5) is 0 Å². The highest BCUT2D eigenvalue weighted by molar-refractivity contribution is 9.11. The van der Waals surface area contributed by atoms with Crippen molar-refractivity contribution in [2.24, 2.45) is 0 Å². The van der Waals surface area contributed by atoms with Gasteiger partial charge >= 0.3 is 0 Å². The van der Waals surface area contributed by atoms with Gasteiger partial charge in [0.05, 0.1) is 6.61 Å². The molecular weight excluding hydrogens is 362 g/mol. The summed E-state index contributed by atoms with van der Waals surface area (Å²) in [7, 11) is 0. The Hall–Kier alpha value is -0.880. The molecule has 18 heavy (non-hydrogen) atoms. The monoisotopic (exact) mass is 373 g/mol. The molecule has 1 heterocycles. The lowest BCUT2D eigenvalue weighted by molar-refractivity contribution is 0.297. The SMILES string of the molecule is Cc1ccc(OCCCn2nc(Br)nc2Br)cc1. The van der Waals surface area contributed by atoms with Crippen molar-refractivity contribution in [1.29, 1.82) is 0 Å². The second kappa shape index (κ2) is 6.33. The average molecular weight is 375 g/mol. The summed E-state index contributed by atoms with van der Waals surface area (Å²) in [6.45, 7) is 3.49. The second-order valence-corrected chi connectivity index (χ2v) is 5.31. The summed E-state index contributed by atoms with van der Waals surface area (Å²) < 4.78 is 8.75. The minimum Gasteiger partial charge on any atom is -0.494 e. The first kappa shape index (κ1) is 13.5. The van der Waals surface area contributed by atoms with Gasteiger partial charge in [0.15, 0.2) is 4.73 Å². The van der Waals surface area contributed by atoms with Gasteiger partial charge in [-0.2, -0.15) is 4.98 Å². The lowest BCUT2D eigenvalue weighted by atomic mass is 10.2. The number of hydrogen-bond acceptors (Lipinski definition) is 3. The van der Waals surface area contributed by atoms with Crippen LogP contribution in [0.25, 0.3) is 0 Å². The van der Waals surface area contributed by atoms with Crippen molar-refractivity contribution < 1.29 is 4.74 Å². The number of aryl methyl sites for hydroxylation is 2. The van der Waals surface area contributed by atoms with Crippen LogP contribution >= 0.6 is 31.9 Å². The molecule has 0 aliphatic heterocycles. The molecule has 0 aliphatic carbocycles. The second-order valence-electron chi connectivity index (χ2n) is 3.89. The maximum atomic E-state index is 5.64. The fraction of sp³-hybridized carbons (Fsp3) is 0.333. The van der Waals surface area contributed by atoms with Crippen LogP contribution in [0.3, 0.4) is 0 Å². The molecule has 2 rings (SSSR count). The Labute approximate surface area is 123 Å². The van der Waals surface area contributed by atoms with E-state index >= 15 is 0 Å². The number of hydrogen-bond donors (Lipinski definition) is 0. The number of nitrogens with zero attached hydrogens (tertiary/aromatic N) is 3. The molecule has 0 bridgehead atoms. The molecule has 0 spiro atoms. The van der Waals surface area contributed by atoms with Crippen molar-refractivity contribution >= 4 is 31.9 Å². The zero-order valence-electron chi connectivity index (χ0n) is 9.94. The van der Waals surface area contributed by atoms with Crippen molar-refractivity contribution in [3.63, 3.8) is 0 Å². The summed E-state index contributed by atoms with van der Waals surface area (Å²) >= 11 is 6.57. The van der Waals surface area contributed by atoms with Gasteiger partial charge in [0.25, 0.3) is 0 Å². The first-order chi connectivity index (χ1) is 8.65. The lowest BCUT2D eigenvalue weighted by Gasteiger charge is -2.06. The minimum atomic E-state index is 0.592. The molecule has 1 aromatic heterocycles. The van der Waals surface area contributed by atoms with Gasteiger partial charge < -0.3 is 4.74 Å². The fourth-order valence-electron chi connectivity index (χ4n) is 1.48. The van der Waals surface area contributed by atoms with Crippen LogP contribution < -0.4 is 4.74 Å². The Morgan fingerprint density at radius 1 is 1.22 bits per heavy atom. The van der Waals surface area contributed by atoms with Gasteiger partial charge in [-0.25, -0.2) is 4.68 Å². The number of benzene rings is 1. The van der Waals surface area contributed by atoms with Crippen LogP contribution in [0.1, 0.15) is 12.0 Å². The molecule has 96 valence electrons. The Morgan fingerprint density at radius 3 is 2.56 bits per heavy atom. The molecule has 0 radical (unpaired) electrons. The molecule has 6 heteroatoms. The van der Waals surface area contributed by atoms with Crippen LogP contribution in [0, 0.1) is 6.92 Å². The minimum absolute atomic E-state index is 0.592. The van der Waals surface area contributed by atoms with E-state index in [9.17, 15) is 0 Å². The van der Waals surface area contributed by atoms with E-state index in [0.29, 0.717) is 11.3 Å². The quantitative estimate of drug-likeness (QED) is 0.751. The summed E-state index contributed by atoms with van der Waals surface area (Å²) in [4.78, 5) is 4.10. The van der Waals surface area contributed by atoms with E-state index < -0.39 is 0 Å². The normalized spacial score (nSPS) is 10.6. The zero-order chi connectivity index (χ0) is 13.0. The molecule has 0 aliphatic rings. The van der Waals surface area contributed by atoms with Gasteiger partial charge in [-0.05, 0) is 50.9 Å². The molecule has 0 amide bonds. The van der Waals surface area contributed by atoms with Gasteiger partial charge in [-0.15, -0.1) is 5.10 Å². The van der Waals surface area contributed by atoms with Crippen molar-refractivity contribution in [2.45, 2.75) is 19.9 Å². The standard InChI is InChI=1S/C12H13Br2N3O/c1-9-3-5-10(6-4-9)18-8-2-7-17-12(14)15-11(13)16-17/h3-6H,2,7-8H2,1H3. The first-order valence-electron chi connectivity index (χ1n) is 5.60. The molecular formula is C12H13Br2N3O. The van der Waals surface area contributed by atoms with Crippen LogP contribution in [0.2, 0.25) is 0 Å². The largest absolute Gasteiger partial charge is 0.494 e. The first-order valence-corrected chi connectivity index (χ1v) is 7.19. The summed E-state index contributed by atoms with van der Waals surface area (Å²) in [5.74, 6) is 0.902. The Balaban J connectivity index is 1.76. The third-order valence-electron chi connectivity index (χ3n) is 2.40. The number of rotatable bonds is 5. The van der Waals surface area contributed by atoms with E-state index in [1.54, 1.807) is 4.68 Å². The smallest absolute Gasteiger partial charge is 0.218 e. The van der Waals surface area contributed by atoms with E-state index in [-0.39, 0.29) is 0 Å². The van der Waals surface area contributed by atoms with E-state index in [1.165, 1.54) is 5.56 Å². The highest BCUT2D eigenvalue weighted by Crippen LogP contribution is 2.13. The topological polar surface area (TPSA) is 39.9 Å². The van der Waals surface area contributed by atoms with Crippen LogP contribution in [0.15, 0.2) is 33.7 Å². The summed E-state index contributed by atoms with van der Waals surface area (Å²) in [6, 6.07) is 8.05. The Bertz CT molecular complexity index is 511. The third-order valence-corrected chi connectivity index (χ3v) is 3.33. The number of halogens is 2. The van der Waals surface area contributed by atoms with Crippen molar-refractivity contribution in [2.75, 3.05) is 6.61 Å². The van der Waals surface area contributed by atoms with Crippen molar-refractivity contribution in [3.8, 4) is 5.75 Å². The highest BCUT2D eigenvalue weighted by Gasteiger charge is 2.04. The Kier molecular flexibility index (Phi) is 4.77. The van der Waals surface area contributed by atoms with Crippen LogP contribution in [-0.4, -0.2) is 21.4 Å². The summed E-state index contributed by atoms with van der Waals surface area (Å²) in [5, 5.41) is 4.19. The average Bonchev–Trinajstić information content (AvgIpc) is 2.66. The molecule has 0 saturated carbocycles. The molecule has 0 N–H and O–H groups in total. The molecule has 1 aromatic carbocycles. The third kappa shape index (κ3) is 3.81. The molecule has 0 atom stereocenters. The number of aromatic nitrogens is 3. The van der Waals surface area contributed by atoms with E-state index in [1.807, 2.05) is 24.3 Å². The molecule has 0 saturated heterocycles. The zero-order valence-corrected chi connectivity index (χ0v) is 13.1. The highest BCUT2D eigenvalue weighted by atomic mass is 79.9. The van der Waals surface area contributed by atoms with Gasteiger partial charge in [0, 0.05) is 13.0 Å². The Morgan fingerprint density at radius 2 is 1.94 bits per heavy atom. The van der Waals surface area contributed by atoms with Crippen molar-refractivity contribution in [1.82, 2.24) is 14.8 Å². The van der Waals surface area contributed by atoms with Gasteiger partial charge in [-0.3, -0.25) is 0 Å². The van der Waals surface area contributed by atoms with E-state index in [2.05, 4.69) is 48.9 Å². The summed E-state index contributed by atoms with van der Waals surface area (Å²) in [6.07, 6.45) is 0.877. The molecule has 0 fully saturated rings. The van der Waals surface area contributed by atoms with Crippen LogP contribution in [-0.2, 0) is 6.54 Å². The number of ether oxygens (including phenoxy) is 1. The van der Waals surface area contributed by atoms with Crippen molar-refractivity contribution in [3.05, 3.63) is 39.3 Å². The molecule has 2 aromatic rings. The van der Waals surface area contributed by atoms with E-state index in [4.69, 9.17) is 4.74 Å².